The third kappa shape index (κ3) is 3.88. The first-order valence-electron chi connectivity index (χ1n) is 5.06. The molecule has 1 aromatic carbocycles. The van der Waals surface area contributed by atoms with Crippen molar-refractivity contribution in [2.24, 2.45) is 5.84 Å². The van der Waals surface area contributed by atoms with E-state index in [4.69, 9.17) is 5.84 Å². The Balaban J connectivity index is 2.46. The van der Waals surface area contributed by atoms with E-state index in [-0.39, 0.29) is 12.4 Å². The number of hydrogen-bond donors (Lipinski definition) is 2. The first-order chi connectivity index (χ1) is 7.63. The molecule has 0 bridgehead atoms. The zero-order valence-corrected chi connectivity index (χ0v) is 9.56. The maximum atomic E-state index is 11.1. The van der Waals surface area contributed by atoms with Crippen LogP contribution in [0.1, 0.15) is 12.0 Å². The van der Waals surface area contributed by atoms with Gasteiger partial charge in [0.15, 0.2) is 0 Å². The van der Waals surface area contributed by atoms with Crippen LogP contribution in [0, 0.1) is 6.92 Å². The van der Waals surface area contributed by atoms with E-state index in [0.717, 1.165) is 5.69 Å². The number of hydrazine groups is 1. The summed E-state index contributed by atoms with van der Waals surface area (Å²) in [6.45, 7) is 2.62. The van der Waals surface area contributed by atoms with E-state index < -0.39 is 0 Å². The molecule has 3 N–H and O–H groups in total. The van der Waals surface area contributed by atoms with Crippen molar-refractivity contribution in [3.8, 4) is 0 Å². The summed E-state index contributed by atoms with van der Waals surface area (Å²) in [4.78, 5) is 17.5. The molecule has 0 aliphatic heterocycles. The van der Waals surface area contributed by atoms with E-state index >= 15 is 0 Å². The summed E-state index contributed by atoms with van der Waals surface area (Å²) in [5.74, 6) is 4.49. The highest BCUT2D eigenvalue weighted by Gasteiger charge is 2.06. The molecule has 1 aromatic rings. The summed E-state index contributed by atoms with van der Waals surface area (Å²) in [7, 11) is 1.93. The van der Waals surface area contributed by atoms with Crippen LogP contribution in [0.4, 0.5) is 5.69 Å². The fourth-order valence-electron chi connectivity index (χ4n) is 1.37. The Kier molecular flexibility index (Phi) is 4.75. The zero-order valence-electron chi connectivity index (χ0n) is 9.56. The summed E-state index contributed by atoms with van der Waals surface area (Å²) in [5.41, 5.74) is 4.14. The van der Waals surface area contributed by atoms with Crippen LogP contribution in [0.3, 0.4) is 0 Å². The molecule has 1 rings (SSSR count). The lowest BCUT2D eigenvalue weighted by atomic mass is 10.2. The van der Waals surface area contributed by atoms with Gasteiger partial charge in [0, 0.05) is 19.3 Å². The third-order valence-electron chi connectivity index (χ3n) is 2.27. The predicted octanol–water partition coefficient (Wildman–Crippen LogP) is 0.743. The van der Waals surface area contributed by atoms with Crippen molar-refractivity contribution >= 4 is 11.7 Å². The van der Waals surface area contributed by atoms with Gasteiger partial charge in [-0.15, -0.1) is 0 Å². The minimum Gasteiger partial charge on any atom is -0.374 e. The van der Waals surface area contributed by atoms with Crippen LogP contribution in [-0.4, -0.2) is 19.6 Å². The van der Waals surface area contributed by atoms with Gasteiger partial charge in [0.05, 0.1) is 6.42 Å². The van der Waals surface area contributed by atoms with Crippen LogP contribution in [0.5, 0.6) is 0 Å². The second-order valence-electron chi connectivity index (χ2n) is 3.60. The molecule has 0 radical (unpaired) electrons. The first-order valence-corrected chi connectivity index (χ1v) is 5.06. The Bertz CT molecular complexity index is 355. The fourth-order valence-corrected chi connectivity index (χ4v) is 1.37. The van der Waals surface area contributed by atoms with E-state index in [1.807, 2.05) is 42.7 Å². The first kappa shape index (κ1) is 12.5. The lowest BCUT2D eigenvalue weighted by Crippen LogP contribution is -2.29. The van der Waals surface area contributed by atoms with Gasteiger partial charge in [-0.1, -0.05) is 17.7 Å². The van der Waals surface area contributed by atoms with Crippen molar-refractivity contribution in [3.05, 3.63) is 29.8 Å². The molecule has 0 fully saturated rings. The molecule has 88 valence electrons. The summed E-state index contributed by atoms with van der Waals surface area (Å²) in [6, 6.07) is 8.08. The van der Waals surface area contributed by atoms with Gasteiger partial charge in [0.25, 0.3) is 0 Å². The molecule has 5 heteroatoms. The molecule has 0 heterocycles. The molecular weight excluding hydrogens is 206 g/mol. The molecule has 0 saturated heterocycles. The van der Waals surface area contributed by atoms with Gasteiger partial charge in [-0.2, -0.15) is 0 Å². The number of anilines is 1. The molecule has 0 aliphatic rings. The Morgan fingerprint density at radius 1 is 1.56 bits per heavy atom. The van der Waals surface area contributed by atoms with Gasteiger partial charge < -0.3 is 9.74 Å². The Morgan fingerprint density at radius 2 is 2.31 bits per heavy atom. The molecule has 0 spiro atoms. The Labute approximate surface area is 95.1 Å². The number of carbonyl (C=O) groups excluding carboxylic acids is 1. The normalized spacial score (nSPS) is 9.94. The maximum Gasteiger partial charge on any atom is 0.328 e. The van der Waals surface area contributed by atoms with Crippen molar-refractivity contribution in [1.29, 1.82) is 0 Å². The van der Waals surface area contributed by atoms with Gasteiger partial charge >= 0.3 is 5.97 Å². The fraction of sp³-hybridized carbons (Fsp3) is 0.364. The van der Waals surface area contributed by atoms with Crippen LogP contribution in [0.25, 0.3) is 0 Å². The van der Waals surface area contributed by atoms with Gasteiger partial charge in [-0.3, -0.25) is 4.79 Å². The smallest absolute Gasteiger partial charge is 0.328 e. The highest BCUT2D eigenvalue weighted by molar-refractivity contribution is 5.69. The number of rotatable bonds is 5. The SMILES string of the molecule is Cc1cccc(N(C)CCC(=O)ONN)c1. The highest BCUT2D eigenvalue weighted by Crippen LogP contribution is 2.14. The van der Waals surface area contributed by atoms with Crippen LogP contribution < -0.4 is 16.3 Å². The average Bonchev–Trinajstić information content (AvgIpc) is 2.26. The second kappa shape index (κ2) is 6.09. The standard InChI is InChI=1S/C11H17N3O2/c1-9-4-3-5-10(8-9)14(2)7-6-11(15)16-13-12/h3-5,8,13H,6-7,12H2,1-2H3. The van der Waals surface area contributed by atoms with E-state index in [9.17, 15) is 4.79 Å². The monoisotopic (exact) mass is 223 g/mol. The molecule has 0 aromatic heterocycles. The Morgan fingerprint density at radius 3 is 2.94 bits per heavy atom. The molecule has 0 saturated carbocycles. The van der Waals surface area contributed by atoms with Crippen molar-refractivity contribution in [2.45, 2.75) is 13.3 Å². The van der Waals surface area contributed by atoms with Crippen molar-refractivity contribution in [3.63, 3.8) is 0 Å². The second-order valence-corrected chi connectivity index (χ2v) is 3.60. The lowest BCUT2D eigenvalue weighted by molar-refractivity contribution is -0.150. The summed E-state index contributed by atoms with van der Waals surface area (Å²) >= 11 is 0. The molecule has 5 nitrogen and oxygen atoms in total. The number of aryl methyl sites for hydroxylation is 1. The van der Waals surface area contributed by atoms with E-state index in [1.54, 1.807) is 0 Å². The summed E-state index contributed by atoms with van der Waals surface area (Å²) < 4.78 is 0. The number of nitrogens with zero attached hydrogens (tertiary/aromatic N) is 1. The number of benzene rings is 1. The van der Waals surface area contributed by atoms with Crippen molar-refractivity contribution in [2.75, 3.05) is 18.5 Å². The molecule has 16 heavy (non-hydrogen) atoms. The largest absolute Gasteiger partial charge is 0.374 e. The number of carbonyl (C=O) groups is 1. The molecular formula is C11H17N3O2. The van der Waals surface area contributed by atoms with Gasteiger partial charge in [0.2, 0.25) is 0 Å². The van der Waals surface area contributed by atoms with Crippen LogP contribution in [-0.2, 0) is 9.63 Å². The van der Waals surface area contributed by atoms with E-state index in [2.05, 4.69) is 10.9 Å². The minimum absolute atomic E-state index is 0.286. The third-order valence-corrected chi connectivity index (χ3v) is 2.27. The summed E-state index contributed by atoms with van der Waals surface area (Å²) in [5, 5.41) is 0. The quantitative estimate of drug-likeness (QED) is 0.569. The molecule has 0 unspecified atom stereocenters. The number of nitrogens with one attached hydrogen (secondary N) is 1. The van der Waals surface area contributed by atoms with E-state index in [1.165, 1.54) is 5.56 Å². The number of nitrogens with two attached hydrogens (primary N) is 1. The van der Waals surface area contributed by atoms with Crippen LogP contribution in [0.2, 0.25) is 0 Å². The molecule has 0 aliphatic carbocycles. The lowest BCUT2D eigenvalue weighted by Gasteiger charge is -2.18. The highest BCUT2D eigenvalue weighted by atomic mass is 16.7. The topological polar surface area (TPSA) is 67.6 Å². The van der Waals surface area contributed by atoms with Crippen molar-refractivity contribution < 1.29 is 9.63 Å². The van der Waals surface area contributed by atoms with Gasteiger partial charge in [0.1, 0.15) is 0 Å². The van der Waals surface area contributed by atoms with Crippen molar-refractivity contribution in [1.82, 2.24) is 5.59 Å². The predicted molar refractivity (Wildman–Crippen MR) is 62.5 cm³/mol. The van der Waals surface area contributed by atoms with Gasteiger partial charge in [-0.25, -0.2) is 5.84 Å². The molecule has 0 amide bonds. The van der Waals surface area contributed by atoms with Gasteiger partial charge in [-0.05, 0) is 24.6 Å². The van der Waals surface area contributed by atoms with Crippen LogP contribution in [0.15, 0.2) is 24.3 Å². The number of hydrogen-bond acceptors (Lipinski definition) is 5. The maximum absolute atomic E-state index is 11.1. The summed E-state index contributed by atoms with van der Waals surface area (Å²) in [6.07, 6.45) is 0.286. The minimum atomic E-state index is -0.373. The Hall–Kier alpha value is -1.59. The molecule has 0 atom stereocenters. The zero-order chi connectivity index (χ0) is 12.0. The van der Waals surface area contributed by atoms with E-state index in [0.29, 0.717) is 6.54 Å². The van der Waals surface area contributed by atoms with Crippen LogP contribution >= 0.6 is 0 Å². The average molecular weight is 223 g/mol.